The fourth-order valence-corrected chi connectivity index (χ4v) is 6.36. The maximum Gasteiger partial charge on any atom is 0.126 e. The van der Waals surface area contributed by atoms with Crippen LogP contribution in [0.2, 0.25) is 0 Å². The first-order valence-electron chi connectivity index (χ1n) is 17.0. The van der Waals surface area contributed by atoms with Gasteiger partial charge in [0.25, 0.3) is 0 Å². The van der Waals surface area contributed by atoms with Gasteiger partial charge in [0.1, 0.15) is 23.0 Å². The van der Waals surface area contributed by atoms with Crippen LogP contribution in [-0.2, 0) is 36.5 Å². The van der Waals surface area contributed by atoms with E-state index in [9.17, 15) is 10.2 Å². The number of rotatable bonds is 6. The van der Waals surface area contributed by atoms with E-state index in [0.29, 0.717) is 50.4 Å². The fraction of sp³-hybridized carbons (Fsp3) is 0.429. The highest BCUT2D eigenvalue weighted by atomic mass is 16.5. The summed E-state index contributed by atoms with van der Waals surface area (Å²) in [4.78, 5) is 0. The first kappa shape index (κ1) is 33.4. The Morgan fingerprint density at radius 2 is 0.826 bits per heavy atom. The molecule has 4 aromatic rings. The molecule has 5 rings (SSSR count). The molecule has 0 atom stereocenters. The Morgan fingerprint density at radius 3 is 1.26 bits per heavy atom. The minimum Gasteiger partial charge on any atom is -0.507 e. The summed E-state index contributed by atoms with van der Waals surface area (Å²) in [7, 11) is 0. The van der Waals surface area contributed by atoms with Crippen LogP contribution < -0.4 is 9.47 Å². The third kappa shape index (κ3) is 7.22. The van der Waals surface area contributed by atoms with Crippen molar-refractivity contribution >= 4 is 0 Å². The van der Waals surface area contributed by atoms with Crippen molar-refractivity contribution in [3.63, 3.8) is 0 Å². The summed E-state index contributed by atoms with van der Waals surface area (Å²) in [6.45, 7) is 18.8. The van der Waals surface area contributed by atoms with Crippen LogP contribution in [0.15, 0.2) is 60.7 Å². The zero-order valence-electron chi connectivity index (χ0n) is 29.1. The van der Waals surface area contributed by atoms with Gasteiger partial charge in [-0.25, -0.2) is 0 Å². The van der Waals surface area contributed by atoms with Crippen LogP contribution in [0.4, 0.5) is 0 Å². The number of aromatic hydroxyl groups is 2. The molecular formula is C42H52O4. The number of benzene rings is 4. The Morgan fingerprint density at radius 1 is 0.500 bits per heavy atom. The molecule has 0 heterocycles. The fourth-order valence-electron chi connectivity index (χ4n) is 6.36. The SMILES string of the molecule is CCCOc1c2cccc1Cc1cc(C(C)(C)C)cc(c1O)Cc1cc(C(C)(C)C)cc(c1OCCC)Cc1cccc(c1O)C2. The maximum absolute atomic E-state index is 12.0. The summed E-state index contributed by atoms with van der Waals surface area (Å²) >= 11 is 0. The zero-order chi connectivity index (χ0) is 33.2. The van der Waals surface area contributed by atoms with Crippen molar-refractivity contribution in [1.29, 1.82) is 0 Å². The van der Waals surface area contributed by atoms with Gasteiger partial charge in [0, 0.05) is 25.7 Å². The van der Waals surface area contributed by atoms with Crippen LogP contribution in [-0.4, -0.2) is 23.4 Å². The van der Waals surface area contributed by atoms with E-state index in [0.717, 1.165) is 68.8 Å². The molecule has 0 aliphatic heterocycles. The van der Waals surface area contributed by atoms with Crippen LogP contribution in [0.25, 0.3) is 0 Å². The highest BCUT2D eigenvalue weighted by Crippen LogP contribution is 2.41. The maximum atomic E-state index is 12.0. The van der Waals surface area contributed by atoms with Gasteiger partial charge in [-0.05, 0) is 79.3 Å². The molecule has 1 aliphatic rings. The Labute approximate surface area is 276 Å². The number of phenolic OH excluding ortho intramolecular Hbond substituents is 2. The van der Waals surface area contributed by atoms with E-state index in [2.05, 4.69) is 97.9 Å². The standard InChI is InChI=1S/C42H52O4/c1-9-17-45-39-29-15-12-16-30(39)21-31-23-35(41(3,4)5)24-32(38(31)44)22-34-26-36(42(6,7)8)25-33(40(34)46-18-10-2)20-28-14-11-13-27(19-29)37(28)43/h11-16,23-26,43-44H,9-10,17-22H2,1-8H3. The monoisotopic (exact) mass is 620 g/mol. The predicted molar refractivity (Wildman–Crippen MR) is 189 cm³/mol. The lowest BCUT2D eigenvalue weighted by Gasteiger charge is -2.26. The topological polar surface area (TPSA) is 58.9 Å². The summed E-state index contributed by atoms with van der Waals surface area (Å²) in [5.41, 5.74) is 9.87. The second-order valence-electron chi connectivity index (χ2n) is 15.0. The molecule has 4 heteroatoms. The van der Waals surface area contributed by atoms with Crippen molar-refractivity contribution in [2.75, 3.05) is 13.2 Å². The van der Waals surface area contributed by atoms with E-state index < -0.39 is 0 Å². The lowest BCUT2D eigenvalue weighted by atomic mass is 9.81. The van der Waals surface area contributed by atoms with E-state index in [1.807, 2.05) is 18.2 Å². The van der Waals surface area contributed by atoms with E-state index in [-0.39, 0.29) is 10.8 Å². The molecule has 0 fully saturated rings. The number of phenols is 2. The van der Waals surface area contributed by atoms with Gasteiger partial charge < -0.3 is 19.7 Å². The summed E-state index contributed by atoms with van der Waals surface area (Å²) in [5.74, 6) is 2.36. The van der Waals surface area contributed by atoms with Gasteiger partial charge in [-0.2, -0.15) is 0 Å². The van der Waals surface area contributed by atoms with Crippen molar-refractivity contribution in [2.45, 2.75) is 105 Å². The minimum absolute atomic E-state index is 0.102. The Hall–Kier alpha value is -3.92. The average Bonchev–Trinajstić information content (AvgIpc) is 2.98. The molecule has 0 saturated heterocycles. The van der Waals surface area contributed by atoms with Gasteiger partial charge in [-0.3, -0.25) is 0 Å². The summed E-state index contributed by atoms with van der Waals surface area (Å²) in [6.07, 6.45) is 3.92. The number of para-hydroxylation sites is 2. The molecule has 46 heavy (non-hydrogen) atoms. The molecule has 0 unspecified atom stereocenters. The summed E-state index contributed by atoms with van der Waals surface area (Å²) < 4.78 is 13.0. The van der Waals surface area contributed by atoms with Crippen molar-refractivity contribution in [1.82, 2.24) is 0 Å². The first-order valence-corrected chi connectivity index (χ1v) is 17.0. The molecule has 0 spiro atoms. The predicted octanol–water partition coefficient (Wildman–Crippen LogP) is 9.95. The molecule has 2 N–H and O–H groups in total. The van der Waals surface area contributed by atoms with Crippen molar-refractivity contribution in [3.05, 3.63) is 116 Å². The van der Waals surface area contributed by atoms with Gasteiger partial charge >= 0.3 is 0 Å². The highest BCUT2D eigenvalue weighted by Gasteiger charge is 2.25. The molecule has 1 aliphatic carbocycles. The molecule has 0 aromatic heterocycles. The quantitative estimate of drug-likeness (QED) is 0.198. The molecule has 0 amide bonds. The highest BCUT2D eigenvalue weighted by molar-refractivity contribution is 5.57. The summed E-state index contributed by atoms with van der Waals surface area (Å²) in [6, 6.07) is 21.2. The molecule has 0 saturated carbocycles. The lowest BCUT2D eigenvalue weighted by molar-refractivity contribution is 0.311. The summed E-state index contributed by atoms with van der Waals surface area (Å²) in [5, 5.41) is 23.7. The van der Waals surface area contributed by atoms with E-state index in [4.69, 9.17) is 9.47 Å². The van der Waals surface area contributed by atoms with Crippen LogP contribution in [0, 0.1) is 0 Å². The van der Waals surface area contributed by atoms with E-state index in [1.165, 1.54) is 11.1 Å². The van der Waals surface area contributed by atoms with Gasteiger partial charge in [0.05, 0.1) is 13.2 Å². The van der Waals surface area contributed by atoms with Crippen LogP contribution in [0.5, 0.6) is 23.0 Å². The molecule has 4 nitrogen and oxygen atoms in total. The first-order chi connectivity index (χ1) is 21.8. The largest absolute Gasteiger partial charge is 0.507 e. The van der Waals surface area contributed by atoms with E-state index >= 15 is 0 Å². The van der Waals surface area contributed by atoms with Gasteiger partial charge in [0.2, 0.25) is 0 Å². The molecule has 4 aromatic carbocycles. The van der Waals surface area contributed by atoms with Crippen molar-refractivity contribution in [3.8, 4) is 23.0 Å². The number of fused-ring (bicyclic) bond motifs is 8. The van der Waals surface area contributed by atoms with Crippen molar-refractivity contribution in [2.24, 2.45) is 0 Å². The third-order valence-corrected chi connectivity index (χ3v) is 9.05. The molecule has 0 radical (unpaired) electrons. The van der Waals surface area contributed by atoms with Crippen LogP contribution >= 0.6 is 0 Å². The van der Waals surface area contributed by atoms with E-state index in [1.54, 1.807) is 0 Å². The van der Waals surface area contributed by atoms with Crippen LogP contribution in [0.3, 0.4) is 0 Å². The van der Waals surface area contributed by atoms with Gasteiger partial charge in [0.15, 0.2) is 0 Å². The number of hydrogen-bond acceptors (Lipinski definition) is 4. The molecule has 8 bridgehead atoms. The third-order valence-electron chi connectivity index (χ3n) is 9.05. The molecular weight excluding hydrogens is 568 g/mol. The van der Waals surface area contributed by atoms with Gasteiger partial charge in [-0.1, -0.05) is 116 Å². The normalized spacial score (nSPS) is 13.4. The Balaban J connectivity index is 1.83. The average molecular weight is 621 g/mol. The zero-order valence-corrected chi connectivity index (χ0v) is 29.1. The minimum atomic E-state index is -0.109. The second kappa shape index (κ2) is 13.4. The van der Waals surface area contributed by atoms with Gasteiger partial charge in [-0.15, -0.1) is 0 Å². The smallest absolute Gasteiger partial charge is 0.126 e. The molecule has 244 valence electrons. The Bertz CT molecular complexity index is 1700. The van der Waals surface area contributed by atoms with Crippen molar-refractivity contribution < 1.29 is 19.7 Å². The number of ether oxygens (including phenoxy) is 2. The van der Waals surface area contributed by atoms with Crippen LogP contribution in [0.1, 0.15) is 124 Å². The second-order valence-corrected chi connectivity index (χ2v) is 15.0. The lowest BCUT2D eigenvalue weighted by Crippen LogP contribution is -2.15. The number of hydrogen-bond donors (Lipinski definition) is 2. The Kier molecular flexibility index (Phi) is 9.77.